The number of rotatable bonds is 10. The van der Waals surface area contributed by atoms with Crippen molar-refractivity contribution in [3.05, 3.63) is 41.9 Å². The number of nitrogens with one attached hydrogen (secondary N) is 3. The molecule has 3 N–H and O–H groups in total. The molecule has 0 fully saturated rings. The number of nitrogens with zero attached hydrogens (tertiary/aromatic N) is 2. The number of carbonyl (C=O) groups is 1. The summed E-state index contributed by atoms with van der Waals surface area (Å²) in [7, 11) is -3.07. The molecule has 2 heterocycles. The van der Waals surface area contributed by atoms with Gasteiger partial charge in [0.05, 0.1) is 16.8 Å². The zero-order valence-corrected chi connectivity index (χ0v) is 20.0. The molecule has 0 aliphatic heterocycles. The lowest BCUT2D eigenvalue weighted by Crippen LogP contribution is -2.35. The van der Waals surface area contributed by atoms with Gasteiger partial charge in [-0.3, -0.25) is 4.79 Å². The standard InChI is InChI=1S/C23H27F2N5O4S/c1-35(32,33)10-4-9-26-23(31)14-7-8-16-15(11-14)20-21(29-16)27-13-28-22(20)30-17-5-2-3-6-18(17)34-12-19(24)25/h2-3,5-6,13-14,19H,4,7-12H2,1H3,(H,26,31)(H2,27,28,29,30)/t14-/m0/s1. The highest BCUT2D eigenvalue weighted by Crippen LogP contribution is 2.36. The van der Waals surface area contributed by atoms with Crippen LogP contribution in [0.5, 0.6) is 5.75 Å². The first-order chi connectivity index (χ1) is 16.7. The van der Waals surface area contributed by atoms with E-state index < -0.39 is 22.9 Å². The maximum atomic E-state index is 12.7. The number of sulfone groups is 1. The summed E-state index contributed by atoms with van der Waals surface area (Å²) >= 11 is 0. The Bertz CT molecular complexity index is 1310. The van der Waals surface area contributed by atoms with E-state index in [1.165, 1.54) is 12.6 Å². The molecule has 3 aromatic rings. The number of halogens is 2. The zero-order valence-electron chi connectivity index (χ0n) is 19.2. The molecule has 0 spiro atoms. The third-order valence-electron chi connectivity index (χ3n) is 5.84. The van der Waals surface area contributed by atoms with Crippen molar-refractivity contribution in [3.63, 3.8) is 0 Å². The van der Waals surface area contributed by atoms with Crippen molar-refractivity contribution in [1.29, 1.82) is 0 Å². The summed E-state index contributed by atoms with van der Waals surface area (Å²) in [5.41, 5.74) is 3.01. The molecule has 0 radical (unpaired) electrons. The number of alkyl halides is 2. The molecule has 0 bridgehead atoms. The van der Waals surface area contributed by atoms with Gasteiger partial charge in [-0.1, -0.05) is 12.1 Å². The van der Waals surface area contributed by atoms with Gasteiger partial charge < -0.3 is 20.4 Å². The number of anilines is 2. The fourth-order valence-corrected chi connectivity index (χ4v) is 4.89. The topological polar surface area (TPSA) is 126 Å². The van der Waals surface area contributed by atoms with Gasteiger partial charge in [-0.15, -0.1) is 0 Å². The number of hydrogen-bond donors (Lipinski definition) is 3. The Labute approximate surface area is 201 Å². The molecule has 0 saturated heterocycles. The number of hydrogen-bond acceptors (Lipinski definition) is 7. The third kappa shape index (κ3) is 6.24. The largest absolute Gasteiger partial charge is 0.485 e. The van der Waals surface area contributed by atoms with E-state index in [-0.39, 0.29) is 23.3 Å². The number of H-pyrrole nitrogens is 1. The fraction of sp³-hybridized carbons (Fsp3) is 0.435. The van der Waals surface area contributed by atoms with E-state index in [4.69, 9.17) is 4.74 Å². The normalized spacial score (nSPS) is 15.7. The van der Waals surface area contributed by atoms with E-state index in [9.17, 15) is 22.0 Å². The Morgan fingerprint density at radius 3 is 2.86 bits per heavy atom. The fourth-order valence-electron chi connectivity index (χ4n) is 4.23. The van der Waals surface area contributed by atoms with E-state index in [0.717, 1.165) is 16.6 Å². The highest BCUT2D eigenvalue weighted by molar-refractivity contribution is 7.90. The SMILES string of the molecule is CS(=O)(=O)CCCNC(=O)[C@H]1CCc2[nH]c3ncnc(Nc4ccccc4OCC(F)F)c3c2C1. The lowest BCUT2D eigenvalue weighted by Gasteiger charge is -2.22. The van der Waals surface area contributed by atoms with Crippen LogP contribution in [0.25, 0.3) is 11.0 Å². The molecule has 1 aromatic carbocycles. The number of aryl methyl sites for hydroxylation is 1. The van der Waals surface area contributed by atoms with E-state index >= 15 is 0 Å². The Kier molecular flexibility index (Phi) is 7.48. The molecule has 1 amide bonds. The second-order valence-corrected chi connectivity index (χ2v) is 10.8. The Balaban J connectivity index is 1.53. The molecular formula is C23H27F2N5O4S. The summed E-state index contributed by atoms with van der Waals surface area (Å²) in [5, 5.41) is 6.76. The van der Waals surface area contributed by atoms with E-state index in [0.29, 0.717) is 49.4 Å². The smallest absolute Gasteiger partial charge is 0.272 e. The van der Waals surface area contributed by atoms with Crippen molar-refractivity contribution < 1.29 is 26.7 Å². The minimum atomic E-state index is -3.07. The lowest BCUT2D eigenvalue weighted by atomic mass is 9.86. The van der Waals surface area contributed by atoms with Crippen molar-refractivity contribution in [3.8, 4) is 5.75 Å². The Morgan fingerprint density at radius 2 is 2.09 bits per heavy atom. The van der Waals surface area contributed by atoms with Gasteiger partial charge in [0.1, 0.15) is 40.0 Å². The first kappa shape index (κ1) is 24.8. The molecule has 4 rings (SSSR count). The average Bonchev–Trinajstić information content (AvgIpc) is 3.19. The van der Waals surface area contributed by atoms with E-state index in [1.807, 2.05) is 0 Å². The van der Waals surface area contributed by atoms with Crippen LogP contribution in [-0.4, -0.2) is 60.9 Å². The monoisotopic (exact) mass is 507 g/mol. The van der Waals surface area contributed by atoms with Crippen LogP contribution < -0.4 is 15.4 Å². The average molecular weight is 508 g/mol. The van der Waals surface area contributed by atoms with Gasteiger partial charge >= 0.3 is 0 Å². The summed E-state index contributed by atoms with van der Waals surface area (Å²) in [4.78, 5) is 24.7. The van der Waals surface area contributed by atoms with Crippen LogP contribution in [0, 0.1) is 5.92 Å². The molecule has 0 unspecified atom stereocenters. The van der Waals surface area contributed by atoms with Crippen molar-refractivity contribution in [2.24, 2.45) is 5.92 Å². The predicted octanol–water partition coefficient (Wildman–Crippen LogP) is 3.00. The summed E-state index contributed by atoms with van der Waals surface area (Å²) in [6.45, 7) is -0.424. The number of carbonyl (C=O) groups excluding carboxylic acids is 1. The van der Waals surface area contributed by atoms with Gasteiger partial charge in [0.25, 0.3) is 6.43 Å². The summed E-state index contributed by atoms with van der Waals surface area (Å²) in [6, 6.07) is 6.76. The summed E-state index contributed by atoms with van der Waals surface area (Å²) < 4.78 is 53.1. The van der Waals surface area contributed by atoms with Crippen LogP contribution in [0.4, 0.5) is 20.3 Å². The van der Waals surface area contributed by atoms with Gasteiger partial charge in [-0.05, 0) is 43.4 Å². The maximum absolute atomic E-state index is 12.7. The number of benzene rings is 1. The van der Waals surface area contributed by atoms with Crippen LogP contribution in [0.15, 0.2) is 30.6 Å². The molecule has 188 valence electrons. The van der Waals surface area contributed by atoms with Crippen LogP contribution in [-0.2, 0) is 27.5 Å². The van der Waals surface area contributed by atoms with E-state index in [2.05, 4.69) is 25.6 Å². The molecule has 35 heavy (non-hydrogen) atoms. The van der Waals surface area contributed by atoms with Crippen molar-refractivity contribution in [1.82, 2.24) is 20.3 Å². The number of para-hydroxylation sites is 2. The molecule has 12 heteroatoms. The van der Waals surface area contributed by atoms with Gasteiger partial charge in [0, 0.05) is 24.4 Å². The minimum absolute atomic E-state index is 0.0272. The number of ether oxygens (including phenoxy) is 1. The summed E-state index contributed by atoms with van der Waals surface area (Å²) in [6.07, 6.45) is 2.12. The zero-order chi connectivity index (χ0) is 25.0. The van der Waals surface area contributed by atoms with Gasteiger partial charge in [0.2, 0.25) is 5.91 Å². The number of fused-ring (bicyclic) bond motifs is 3. The lowest BCUT2D eigenvalue weighted by molar-refractivity contribution is -0.125. The van der Waals surface area contributed by atoms with Crippen molar-refractivity contribution >= 4 is 38.3 Å². The van der Waals surface area contributed by atoms with Crippen LogP contribution >= 0.6 is 0 Å². The molecule has 0 saturated carbocycles. The first-order valence-electron chi connectivity index (χ1n) is 11.3. The Hall–Kier alpha value is -3.28. The second-order valence-electron chi connectivity index (χ2n) is 8.57. The van der Waals surface area contributed by atoms with E-state index in [1.54, 1.807) is 24.3 Å². The number of aromatic nitrogens is 3. The third-order valence-corrected chi connectivity index (χ3v) is 6.87. The van der Waals surface area contributed by atoms with Crippen LogP contribution in [0.2, 0.25) is 0 Å². The Morgan fingerprint density at radius 1 is 1.29 bits per heavy atom. The molecule has 1 atom stereocenters. The molecule has 9 nitrogen and oxygen atoms in total. The van der Waals surface area contributed by atoms with Crippen LogP contribution in [0.3, 0.4) is 0 Å². The quantitative estimate of drug-likeness (QED) is 0.360. The van der Waals surface area contributed by atoms with Crippen molar-refractivity contribution in [2.45, 2.75) is 32.1 Å². The second kappa shape index (κ2) is 10.5. The predicted molar refractivity (Wildman–Crippen MR) is 128 cm³/mol. The molecule has 1 aliphatic carbocycles. The van der Waals surface area contributed by atoms with Gasteiger partial charge in [0.15, 0.2) is 0 Å². The maximum Gasteiger partial charge on any atom is 0.272 e. The molecule has 1 aliphatic rings. The van der Waals surface area contributed by atoms with Crippen molar-refractivity contribution in [2.75, 3.05) is 30.5 Å². The minimum Gasteiger partial charge on any atom is -0.485 e. The highest BCUT2D eigenvalue weighted by Gasteiger charge is 2.29. The molecular weight excluding hydrogens is 480 g/mol. The highest BCUT2D eigenvalue weighted by atomic mass is 32.2. The van der Waals surface area contributed by atoms with Crippen LogP contribution in [0.1, 0.15) is 24.1 Å². The number of amides is 1. The summed E-state index contributed by atoms with van der Waals surface area (Å²) in [5.74, 6) is 0.398. The number of aromatic amines is 1. The van der Waals surface area contributed by atoms with Gasteiger partial charge in [-0.2, -0.15) is 0 Å². The van der Waals surface area contributed by atoms with Gasteiger partial charge in [-0.25, -0.2) is 27.2 Å². The first-order valence-corrected chi connectivity index (χ1v) is 13.3. The molecule has 2 aromatic heterocycles.